The summed E-state index contributed by atoms with van der Waals surface area (Å²) in [5.41, 5.74) is 0. The average molecular weight is 236 g/mol. The van der Waals surface area contributed by atoms with E-state index in [2.05, 4.69) is 20.2 Å². The van der Waals surface area contributed by atoms with E-state index in [4.69, 9.17) is 0 Å². The van der Waals surface area contributed by atoms with Crippen LogP contribution in [-0.2, 0) is 6.42 Å². The van der Waals surface area contributed by atoms with Crippen LogP contribution in [0, 0.1) is 0 Å². The Morgan fingerprint density at radius 1 is 1.47 bits per heavy atom. The third-order valence-electron chi connectivity index (χ3n) is 2.92. The van der Waals surface area contributed by atoms with Gasteiger partial charge >= 0.3 is 0 Å². The van der Waals surface area contributed by atoms with Crippen LogP contribution in [0.25, 0.3) is 0 Å². The molecule has 5 heteroatoms. The molecule has 0 radical (unpaired) electrons. The highest BCUT2D eigenvalue weighted by Gasteiger charge is 2.22. The van der Waals surface area contributed by atoms with Crippen molar-refractivity contribution in [3.63, 3.8) is 0 Å². The zero-order chi connectivity index (χ0) is 12.3. The summed E-state index contributed by atoms with van der Waals surface area (Å²) in [5.74, 6) is 2.64. The Bertz CT molecular complexity index is 383. The van der Waals surface area contributed by atoms with Crippen molar-refractivity contribution in [3.05, 3.63) is 11.9 Å². The molecule has 17 heavy (non-hydrogen) atoms. The standard InChI is InChI=1S/C12H20N4O/c1-3-10-14-11(13-4-2)7-12(15-10)16-6-5-9(17)8-16/h7,9,17H,3-6,8H2,1-2H3,(H,13,14,15). The van der Waals surface area contributed by atoms with Crippen molar-refractivity contribution in [1.82, 2.24) is 9.97 Å². The van der Waals surface area contributed by atoms with Crippen LogP contribution >= 0.6 is 0 Å². The first-order chi connectivity index (χ1) is 8.22. The number of nitrogens with one attached hydrogen (secondary N) is 1. The molecule has 1 unspecified atom stereocenters. The van der Waals surface area contributed by atoms with E-state index in [0.29, 0.717) is 6.54 Å². The zero-order valence-corrected chi connectivity index (χ0v) is 10.5. The maximum atomic E-state index is 9.56. The molecule has 5 nitrogen and oxygen atoms in total. The maximum absolute atomic E-state index is 9.56. The Kier molecular flexibility index (Phi) is 3.78. The normalized spacial score (nSPS) is 19.7. The van der Waals surface area contributed by atoms with Gasteiger partial charge in [0.05, 0.1) is 6.10 Å². The fraction of sp³-hybridized carbons (Fsp3) is 0.667. The Balaban J connectivity index is 2.23. The molecule has 0 aliphatic carbocycles. The number of nitrogens with zero attached hydrogens (tertiary/aromatic N) is 3. The van der Waals surface area contributed by atoms with E-state index in [1.807, 2.05) is 19.9 Å². The lowest BCUT2D eigenvalue weighted by atomic mass is 10.3. The SMILES string of the molecule is CCNc1cc(N2CCC(O)C2)nc(CC)n1. The van der Waals surface area contributed by atoms with Crippen LogP contribution < -0.4 is 10.2 Å². The molecular formula is C12H20N4O. The van der Waals surface area contributed by atoms with Gasteiger partial charge in [-0.2, -0.15) is 0 Å². The van der Waals surface area contributed by atoms with Gasteiger partial charge in [0.2, 0.25) is 0 Å². The second-order valence-electron chi connectivity index (χ2n) is 4.30. The summed E-state index contributed by atoms with van der Waals surface area (Å²) in [6.45, 7) is 6.49. The summed E-state index contributed by atoms with van der Waals surface area (Å²) >= 11 is 0. The van der Waals surface area contributed by atoms with Gasteiger partial charge < -0.3 is 15.3 Å². The summed E-state index contributed by atoms with van der Waals surface area (Å²) in [7, 11) is 0. The molecule has 1 aliphatic heterocycles. The molecule has 0 spiro atoms. The number of β-amino-alcohol motifs (C(OH)–C–C–N with tert-alkyl or cyclic N) is 1. The largest absolute Gasteiger partial charge is 0.391 e. The molecule has 1 aromatic rings. The number of aliphatic hydroxyl groups excluding tert-OH is 1. The van der Waals surface area contributed by atoms with E-state index in [1.165, 1.54) is 0 Å². The van der Waals surface area contributed by atoms with Gasteiger partial charge in [0.15, 0.2) is 0 Å². The Morgan fingerprint density at radius 3 is 2.88 bits per heavy atom. The Labute approximate surface area is 102 Å². The highest BCUT2D eigenvalue weighted by molar-refractivity contribution is 5.50. The van der Waals surface area contributed by atoms with E-state index in [9.17, 15) is 5.11 Å². The minimum atomic E-state index is -0.224. The molecule has 1 atom stereocenters. The van der Waals surface area contributed by atoms with Crippen molar-refractivity contribution < 1.29 is 5.11 Å². The van der Waals surface area contributed by atoms with Crippen molar-refractivity contribution >= 4 is 11.6 Å². The third-order valence-corrected chi connectivity index (χ3v) is 2.92. The van der Waals surface area contributed by atoms with Crippen LogP contribution in [0.4, 0.5) is 11.6 Å². The summed E-state index contributed by atoms with van der Waals surface area (Å²) in [4.78, 5) is 11.1. The summed E-state index contributed by atoms with van der Waals surface area (Å²) < 4.78 is 0. The Hall–Kier alpha value is -1.36. The molecule has 1 saturated heterocycles. The Morgan fingerprint density at radius 2 is 2.29 bits per heavy atom. The zero-order valence-electron chi connectivity index (χ0n) is 10.5. The highest BCUT2D eigenvalue weighted by atomic mass is 16.3. The second kappa shape index (κ2) is 5.31. The lowest BCUT2D eigenvalue weighted by Crippen LogP contribution is -2.23. The first-order valence-electron chi connectivity index (χ1n) is 6.27. The molecule has 1 aliphatic rings. The van der Waals surface area contributed by atoms with Gasteiger partial charge in [-0.3, -0.25) is 0 Å². The number of aryl methyl sites for hydroxylation is 1. The van der Waals surface area contributed by atoms with E-state index < -0.39 is 0 Å². The van der Waals surface area contributed by atoms with Crippen molar-refractivity contribution in [3.8, 4) is 0 Å². The van der Waals surface area contributed by atoms with Gasteiger partial charge in [-0.15, -0.1) is 0 Å². The van der Waals surface area contributed by atoms with Gasteiger partial charge in [0.25, 0.3) is 0 Å². The molecule has 2 N–H and O–H groups in total. The van der Waals surface area contributed by atoms with Crippen molar-refractivity contribution in [2.45, 2.75) is 32.8 Å². The van der Waals surface area contributed by atoms with Gasteiger partial charge in [-0.25, -0.2) is 9.97 Å². The van der Waals surface area contributed by atoms with E-state index >= 15 is 0 Å². The first-order valence-corrected chi connectivity index (χ1v) is 6.27. The van der Waals surface area contributed by atoms with Crippen LogP contribution in [0.3, 0.4) is 0 Å². The molecule has 0 aromatic carbocycles. The van der Waals surface area contributed by atoms with Gasteiger partial charge in [-0.05, 0) is 13.3 Å². The average Bonchev–Trinajstić information content (AvgIpc) is 2.76. The number of aliphatic hydroxyl groups is 1. The van der Waals surface area contributed by atoms with Crippen molar-refractivity contribution in [1.29, 1.82) is 0 Å². The number of aromatic nitrogens is 2. The molecule has 1 fully saturated rings. The van der Waals surface area contributed by atoms with Crippen LogP contribution in [0.15, 0.2) is 6.07 Å². The van der Waals surface area contributed by atoms with Crippen molar-refractivity contribution in [2.24, 2.45) is 0 Å². The van der Waals surface area contributed by atoms with Crippen LogP contribution in [0.1, 0.15) is 26.1 Å². The lowest BCUT2D eigenvalue weighted by Gasteiger charge is -2.18. The van der Waals surface area contributed by atoms with Gasteiger partial charge in [0.1, 0.15) is 17.5 Å². The van der Waals surface area contributed by atoms with E-state index in [-0.39, 0.29) is 6.10 Å². The molecule has 1 aromatic heterocycles. The summed E-state index contributed by atoms with van der Waals surface area (Å²) in [5, 5.41) is 12.8. The second-order valence-corrected chi connectivity index (χ2v) is 4.30. The first kappa shape index (κ1) is 12.1. The topological polar surface area (TPSA) is 61.3 Å². The summed E-state index contributed by atoms with van der Waals surface area (Å²) in [6.07, 6.45) is 1.42. The minimum absolute atomic E-state index is 0.224. The van der Waals surface area contributed by atoms with Crippen LogP contribution in [0.5, 0.6) is 0 Å². The number of hydrogen-bond donors (Lipinski definition) is 2. The predicted molar refractivity (Wildman–Crippen MR) is 68.4 cm³/mol. The fourth-order valence-electron chi connectivity index (χ4n) is 2.02. The molecule has 94 valence electrons. The quantitative estimate of drug-likeness (QED) is 0.818. The summed E-state index contributed by atoms with van der Waals surface area (Å²) in [6, 6.07) is 1.96. The van der Waals surface area contributed by atoms with Crippen LogP contribution in [0.2, 0.25) is 0 Å². The van der Waals surface area contributed by atoms with Gasteiger partial charge in [0, 0.05) is 32.1 Å². The molecule has 0 saturated carbocycles. The molecule has 2 heterocycles. The molecule has 0 bridgehead atoms. The third kappa shape index (κ3) is 2.85. The monoisotopic (exact) mass is 236 g/mol. The van der Waals surface area contributed by atoms with E-state index in [1.54, 1.807) is 0 Å². The van der Waals surface area contributed by atoms with Crippen molar-refractivity contribution in [2.75, 3.05) is 29.9 Å². The van der Waals surface area contributed by atoms with E-state index in [0.717, 1.165) is 43.4 Å². The molecular weight excluding hydrogens is 216 g/mol. The minimum Gasteiger partial charge on any atom is -0.391 e. The molecule has 0 amide bonds. The maximum Gasteiger partial charge on any atom is 0.134 e. The molecule has 2 rings (SSSR count). The predicted octanol–water partition coefficient (Wildman–Crippen LogP) is 1.04. The number of hydrogen-bond acceptors (Lipinski definition) is 5. The lowest BCUT2D eigenvalue weighted by molar-refractivity contribution is 0.198. The number of anilines is 2. The fourth-order valence-corrected chi connectivity index (χ4v) is 2.02. The smallest absolute Gasteiger partial charge is 0.134 e. The number of rotatable bonds is 4. The van der Waals surface area contributed by atoms with Crippen LogP contribution in [-0.4, -0.2) is 40.8 Å². The highest BCUT2D eigenvalue weighted by Crippen LogP contribution is 2.21. The van der Waals surface area contributed by atoms with Gasteiger partial charge in [-0.1, -0.05) is 6.92 Å².